The van der Waals surface area contributed by atoms with Crippen molar-refractivity contribution in [2.75, 3.05) is 20.1 Å². The van der Waals surface area contributed by atoms with Crippen LogP contribution in [0.4, 0.5) is 0 Å². The number of amides is 3. The Balaban J connectivity index is 1.98. The summed E-state index contributed by atoms with van der Waals surface area (Å²) in [5, 5.41) is 5.40. The second kappa shape index (κ2) is 4.83. The van der Waals surface area contributed by atoms with Gasteiger partial charge in [-0.15, -0.1) is 0 Å². The van der Waals surface area contributed by atoms with Gasteiger partial charge in [-0.1, -0.05) is 0 Å². The van der Waals surface area contributed by atoms with Gasteiger partial charge in [-0.25, -0.2) is 0 Å². The zero-order valence-electron chi connectivity index (χ0n) is 9.86. The molecule has 2 rings (SSSR count). The van der Waals surface area contributed by atoms with Gasteiger partial charge < -0.3 is 10.2 Å². The first kappa shape index (κ1) is 12.0. The second-order valence-corrected chi connectivity index (χ2v) is 4.61. The Bertz CT molecular complexity index is 350. The van der Waals surface area contributed by atoms with E-state index in [2.05, 4.69) is 10.6 Å². The number of rotatable bonds is 2. The lowest BCUT2D eigenvalue weighted by Gasteiger charge is -2.31. The highest BCUT2D eigenvalue weighted by atomic mass is 16.2. The molecule has 2 aliphatic heterocycles. The fourth-order valence-electron chi connectivity index (χ4n) is 2.36. The lowest BCUT2D eigenvalue weighted by atomic mass is 10.0. The summed E-state index contributed by atoms with van der Waals surface area (Å²) in [5.41, 5.74) is 0. The minimum Gasteiger partial charge on any atom is -0.333 e. The largest absolute Gasteiger partial charge is 0.333 e. The number of nitrogens with one attached hydrogen (secondary N) is 2. The summed E-state index contributed by atoms with van der Waals surface area (Å²) in [7, 11) is 1.64. The third-order valence-electron chi connectivity index (χ3n) is 3.43. The maximum Gasteiger partial charge on any atom is 0.249 e. The molecule has 0 aromatic carbocycles. The number of carbonyl (C=O) groups excluding carboxylic acids is 3. The van der Waals surface area contributed by atoms with Crippen LogP contribution >= 0.6 is 0 Å². The minimum absolute atomic E-state index is 0.00972. The quantitative estimate of drug-likeness (QED) is 0.597. The van der Waals surface area contributed by atoms with Crippen LogP contribution in [0.25, 0.3) is 0 Å². The highest BCUT2D eigenvalue weighted by Crippen LogP contribution is 2.16. The summed E-state index contributed by atoms with van der Waals surface area (Å²) in [5.74, 6) is -0.660. The molecule has 0 aromatic rings. The van der Waals surface area contributed by atoms with Gasteiger partial charge in [0.05, 0.1) is 5.92 Å². The number of hydrogen-bond acceptors (Lipinski definition) is 4. The van der Waals surface area contributed by atoms with Gasteiger partial charge in [0.1, 0.15) is 6.04 Å². The smallest absolute Gasteiger partial charge is 0.249 e. The third kappa shape index (κ3) is 2.46. The Labute approximate surface area is 99.7 Å². The molecule has 0 bridgehead atoms. The Hall–Kier alpha value is -1.43. The van der Waals surface area contributed by atoms with Crippen molar-refractivity contribution in [3.63, 3.8) is 0 Å². The lowest BCUT2D eigenvalue weighted by molar-refractivity contribution is -0.146. The first-order valence-corrected chi connectivity index (χ1v) is 5.90. The molecular formula is C11H17N3O3. The second-order valence-electron chi connectivity index (χ2n) is 4.61. The lowest BCUT2D eigenvalue weighted by Crippen LogP contribution is -2.54. The van der Waals surface area contributed by atoms with Crippen molar-refractivity contribution in [1.82, 2.24) is 15.5 Å². The van der Waals surface area contributed by atoms with E-state index in [1.54, 1.807) is 7.05 Å². The SMILES string of the molecule is CN(C(=O)C1CCNC1)C1CCC(=O)NC1=O. The van der Waals surface area contributed by atoms with Gasteiger partial charge >= 0.3 is 0 Å². The molecule has 2 atom stereocenters. The molecule has 2 heterocycles. The number of piperidine rings is 1. The third-order valence-corrected chi connectivity index (χ3v) is 3.43. The molecule has 94 valence electrons. The Morgan fingerprint density at radius 3 is 2.71 bits per heavy atom. The monoisotopic (exact) mass is 239 g/mol. The van der Waals surface area contributed by atoms with Crippen LogP contribution in [0.15, 0.2) is 0 Å². The van der Waals surface area contributed by atoms with Gasteiger partial charge in [0.25, 0.3) is 0 Å². The van der Waals surface area contributed by atoms with E-state index in [1.165, 1.54) is 4.90 Å². The Morgan fingerprint density at radius 2 is 2.12 bits per heavy atom. The molecule has 0 aliphatic carbocycles. The van der Waals surface area contributed by atoms with Crippen LogP contribution in [0.2, 0.25) is 0 Å². The topological polar surface area (TPSA) is 78.5 Å². The van der Waals surface area contributed by atoms with Crippen molar-refractivity contribution in [2.24, 2.45) is 5.92 Å². The predicted octanol–water partition coefficient (Wildman–Crippen LogP) is -1.14. The molecule has 0 spiro atoms. The molecule has 2 unspecified atom stereocenters. The van der Waals surface area contributed by atoms with Gasteiger partial charge in [-0.3, -0.25) is 19.7 Å². The van der Waals surface area contributed by atoms with Crippen LogP contribution in [-0.2, 0) is 14.4 Å². The van der Waals surface area contributed by atoms with E-state index < -0.39 is 6.04 Å². The number of nitrogens with zero attached hydrogens (tertiary/aromatic N) is 1. The van der Waals surface area contributed by atoms with E-state index in [9.17, 15) is 14.4 Å². The zero-order chi connectivity index (χ0) is 12.4. The molecule has 2 fully saturated rings. The molecule has 3 amide bonds. The van der Waals surface area contributed by atoms with Gasteiger partial charge in [0, 0.05) is 20.0 Å². The molecular weight excluding hydrogens is 222 g/mol. The van der Waals surface area contributed by atoms with Crippen LogP contribution in [0.5, 0.6) is 0 Å². The van der Waals surface area contributed by atoms with Crippen LogP contribution in [-0.4, -0.2) is 48.8 Å². The molecule has 2 N–H and O–H groups in total. The predicted molar refractivity (Wildman–Crippen MR) is 59.9 cm³/mol. The number of hydrogen-bond donors (Lipinski definition) is 2. The van der Waals surface area contributed by atoms with Gasteiger partial charge in [0.2, 0.25) is 17.7 Å². The van der Waals surface area contributed by atoms with Crippen molar-refractivity contribution in [3.8, 4) is 0 Å². The first-order chi connectivity index (χ1) is 8.09. The molecule has 6 heteroatoms. The molecule has 0 radical (unpaired) electrons. The van der Waals surface area contributed by atoms with E-state index in [0.717, 1.165) is 13.0 Å². The maximum absolute atomic E-state index is 12.1. The average Bonchev–Trinajstić information content (AvgIpc) is 2.80. The van der Waals surface area contributed by atoms with Crippen LogP contribution in [0.1, 0.15) is 19.3 Å². The highest BCUT2D eigenvalue weighted by Gasteiger charge is 2.35. The van der Waals surface area contributed by atoms with Crippen LogP contribution in [0, 0.1) is 5.92 Å². The Morgan fingerprint density at radius 1 is 1.35 bits per heavy atom. The van der Waals surface area contributed by atoms with Gasteiger partial charge in [-0.2, -0.15) is 0 Å². The normalized spacial score (nSPS) is 29.0. The molecule has 17 heavy (non-hydrogen) atoms. The summed E-state index contributed by atoms with van der Waals surface area (Å²) in [6, 6.07) is -0.499. The summed E-state index contributed by atoms with van der Waals surface area (Å²) in [4.78, 5) is 36.2. The van der Waals surface area contributed by atoms with Crippen molar-refractivity contribution in [1.29, 1.82) is 0 Å². The fraction of sp³-hybridized carbons (Fsp3) is 0.727. The van der Waals surface area contributed by atoms with E-state index in [-0.39, 0.29) is 23.6 Å². The zero-order valence-corrected chi connectivity index (χ0v) is 9.86. The van der Waals surface area contributed by atoms with Crippen molar-refractivity contribution < 1.29 is 14.4 Å². The number of likely N-dealkylation sites (N-methyl/N-ethyl adjacent to an activating group) is 1. The first-order valence-electron chi connectivity index (χ1n) is 5.90. The summed E-state index contributed by atoms with van der Waals surface area (Å²) in [6.07, 6.45) is 1.54. The molecule has 2 saturated heterocycles. The summed E-state index contributed by atoms with van der Waals surface area (Å²) < 4.78 is 0. The number of imide groups is 1. The molecule has 2 aliphatic rings. The standard InChI is InChI=1S/C11H17N3O3/c1-14(11(17)7-4-5-12-6-7)8-2-3-9(15)13-10(8)16/h7-8,12H,2-6H2,1H3,(H,13,15,16). The van der Waals surface area contributed by atoms with E-state index in [4.69, 9.17) is 0 Å². The summed E-state index contributed by atoms with van der Waals surface area (Å²) >= 11 is 0. The van der Waals surface area contributed by atoms with Crippen molar-refractivity contribution in [3.05, 3.63) is 0 Å². The van der Waals surface area contributed by atoms with Crippen molar-refractivity contribution >= 4 is 17.7 Å². The van der Waals surface area contributed by atoms with Crippen LogP contribution < -0.4 is 10.6 Å². The molecule has 6 nitrogen and oxygen atoms in total. The van der Waals surface area contributed by atoms with Crippen molar-refractivity contribution in [2.45, 2.75) is 25.3 Å². The molecule has 0 aromatic heterocycles. The minimum atomic E-state index is -0.499. The van der Waals surface area contributed by atoms with Gasteiger partial charge in [-0.05, 0) is 19.4 Å². The Kier molecular flexibility index (Phi) is 3.42. The van der Waals surface area contributed by atoms with E-state index in [1.807, 2.05) is 0 Å². The van der Waals surface area contributed by atoms with E-state index >= 15 is 0 Å². The van der Waals surface area contributed by atoms with Crippen LogP contribution in [0.3, 0.4) is 0 Å². The van der Waals surface area contributed by atoms with Gasteiger partial charge in [0.15, 0.2) is 0 Å². The highest BCUT2D eigenvalue weighted by molar-refractivity contribution is 6.01. The fourth-order valence-corrected chi connectivity index (χ4v) is 2.36. The van der Waals surface area contributed by atoms with E-state index in [0.29, 0.717) is 19.4 Å². The average molecular weight is 239 g/mol. The molecule has 0 saturated carbocycles. The summed E-state index contributed by atoms with van der Waals surface area (Å²) in [6.45, 7) is 1.52. The maximum atomic E-state index is 12.1. The number of carbonyl (C=O) groups is 3.